The van der Waals surface area contributed by atoms with Gasteiger partial charge in [-0.1, -0.05) is 28.1 Å². The Labute approximate surface area is 132 Å². The molecular formula is C14H19BrN2O2S. The van der Waals surface area contributed by atoms with Gasteiger partial charge in [-0.3, -0.25) is 9.59 Å². The van der Waals surface area contributed by atoms with Crippen molar-refractivity contribution in [1.29, 1.82) is 0 Å². The lowest BCUT2D eigenvalue weighted by Gasteiger charge is -2.14. The zero-order valence-electron chi connectivity index (χ0n) is 11.9. The van der Waals surface area contributed by atoms with E-state index in [0.29, 0.717) is 0 Å². The van der Waals surface area contributed by atoms with Gasteiger partial charge < -0.3 is 10.2 Å². The van der Waals surface area contributed by atoms with E-state index >= 15 is 0 Å². The summed E-state index contributed by atoms with van der Waals surface area (Å²) in [5.74, 6) is 0.550. The number of hydrogen-bond acceptors (Lipinski definition) is 3. The molecule has 1 N–H and O–H groups in total. The molecule has 0 saturated carbocycles. The third-order valence-corrected chi connectivity index (χ3v) is 4.44. The Hall–Kier alpha value is -1.01. The van der Waals surface area contributed by atoms with Gasteiger partial charge in [-0.2, -0.15) is 0 Å². The van der Waals surface area contributed by atoms with Crippen molar-refractivity contribution < 1.29 is 9.59 Å². The third kappa shape index (κ3) is 5.96. The normalized spacial score (nSPS) is 11.8. The van der Waals surface area contributed by atoms with Crippen LogP contribution in [0.15, 0.2) is 28.7 Å². The van der Waals surface area contributed by atoms with Gasteiger partial charge in [0.15, 0.2) is 0 Å². The number of carbonyl (C=O) groups is 2. The Morgan fingerprint density at radius 2 is 1.90 bits per heavy atom. The fourth-order valence-electron chi connectivity index (χ4n) is 1.34. The van der Waals surface area contributed by atoms with E-state index in [1.165, 1.54) is 10.5 Å². The minimum Gasteiger partial charge on any atom is -0.347 e. The predicted molar refractivity (Wildman–Crippen MR) is 86.6 cm³/mol. The molecule has 0 heterocycles. The Morgan fingerprint density at radius 3 is 2.45 bits per heavy atom. The molecule has 0 aliphatic rings. The Bertz CT molecular complexity index is 463. The van der Waals surface area contributed by atoms with Crippen LogP contribution >= 0.6 is 27.7 Å². The number of rotatable bonds is 6. The van der Waals surface area contributed by atoms with Crippen LogP contribution in [0.4, 0.5) is 0 Å². The number of thioether (sulfide) groups is 1. The molecule has 1 aromatic rings. The van der Waals surface area contributed by atoms with Crippen LogP contribution in [0, 0.1) is 0 Å². The van der Waals surface area contributed by atoms with E-state index in [1.54, 1.807) is 25.9 Å². The number of halogens is 1. The summed E-state index contributed by atoms with van der Waals surface area (Å²) in [6.45, 7) is 1.90. The molecule has 0 bridgehead atoms. The third-order valence-electron chi connectivity index (χ3n) is 2.70. The summed E-state index contributed by atoms with van der Waals surface area (Å²) >= 11 is 4.94. The van der Waals surface area contributed by atoms with Gasteiger partial charge in [-0.25, -0.2) is 0 Å². The summed E-state index contributed by atoms with van der Waals surface area (Å²) in [4.78, 5) is 24.7. The highest BCUT2D eigenvalue weighted by Gasteiger charge is 2.14. The minimum atomic E-state index is -0.186. The van der Waals surface area contributed by atoms with Crippen LogP contribution in [0.2, 0.25) is 0 Å². The molecule has 110 valence electrons. The summed E-state index contributed by atoms with van der Waals surface area (Å²) in [5.41, 5.74) is 1.17. The number of hydrogen-bond donors (Lipinski definition) is 1. The maximum atomic E-state index is 11.8. The highest BCUT2D eigenvalue weighted by Crippen LogP contribution is 2.19. The quantitative estimate of drug-likeness (QED) is 0.848. The summed E-state index contributed by atoms with van der Waals surface area (Å²) in [5, 5.41) is 2.46. The molecule has 0 aliphatic carbocycles. The van der Waals surface area contributed by atoms with Crippen molar-refractivity contribution in [2.45, 2.75) is 17.9 Å². The first kappa shape index (κ1) is 17.0. The summed E-state index contributed by atoms with van der Waals surface area (Å²) in [6, 6.07) is 8.02. The van der Waals surface area contributed by atoms with Gasteiger partial charge in [0, 0.05) is 24.3 Å². The molecule has 0 unspecified atom stereocenters. The molecule has 0 radical (unpaired) electrons. The number of benzene rings is 1. The van der Waals surface area contributed by atoms with Crippen molar-refractivity contribution in [3.8, 4) is 0 Å². The zero-order valence-corrected chi connectivity index (χ0v) is 14.3. The molecule has 2 amide bonds. The van der Waals surface area contributed by atoms with Gasteiger partial charge >= 0.3 is 0 Å². The van der Waals surface area contributed by atoms with E-state index in [0.717, 1.165) is 10.2 Å². The molecule has 0 aliphatic heterocycles. The van der Waals surface area contributed by atoms with Crippen LogP contribution < -0.4 is 5.32 Å². The summed E-state index contributed by atoms with van der Waals surface area (Å²) in [6.07, 6.45) is 0. The van der Waals surface area contributed by atoms with Crippen molar-refractivity contribution in [1.82, 2.24) is 10.2 Å². The lowest BCUT2D eigenvalue weighted by atomic mass is 10.2. The van der Waals surface area contributed by atoms with Gasteiger partial charge in [0.25, 0.3) is 0 Å². The second-order valence-electron chi connectivity index (χ2n) is 4.59. The van der Waals surface area contributed by atoms with E-state index in [4.69, 9.17) is 0 Å². The fourth-order valence-corrected chi connectivity index (χ4v) is 2.48. The molecule has 0 aromatic heterocycles. The minimum absolute atomic E-state index is 0.0506. The van der Waals surface area contributed by atoms with Crippen molar-refractivity contribution in [2.24, 2.45) is 0 Å². The summed E-state index contributed by atoms with van der Waals surface area (Å²) in [7, 11) is 3.33. The first-order valence-corrected chi connectivity index (χ1v) is 8.08. The monoisotopic (exact) mass is 358 g/mol. The van der Waals surface area contributed by atoms with Crippen molar-refractivity contribution in [2.75, 3.05) is 20.6 Å². The molecule has 6 heteroatoms. The molecule has 4 nitrogen and oxygen atoms in total. The molecule has 0 saturated heterocycles. The van der Waals surface area contributed by atoms with Crippen molar-refractivity contribution in [3.05, 3.63) is 34.3 Å². The maximum absolute atomic E-state index is 11.8. The highest BCUT2D eigenvalue weighted by molar-refractivity contribution is 9.10. The van der Waals surface area contributed by atoms with E-state index < -0.39 is 0 Å². The van der Waals surface area contributed by atoms with E-state index in [2.05, 4.69) is 21.2 Å². The molecule has 0 spiro atoms. The fraction of sp³-hybridized carbons (Fsp3) is 0.429. The average molecular weight is 359 g/mol. The molecule has 1 rings (SSSR count). The molecule has 20 heavy (non-hydrogen) atoms. The number of carbonyl (C=O) groups excluding carboxylic acids is 2. The maximum Gasteiger partial charge on any atom is 0.241 e. The first-order valence-electron chi connectivity index (χ1n) is 6.24. The Balaban J connectivity index is 2.34. The van der Waals surface area contributed by atoms with Gasteiger partial charge in [-0.05, 0) is 24.6 Å². The SMILES string of the molecule is C[C@@H](SCc1ccc(Br)cc1)C(=O)NCC(=O)N(C)C. The number of nitrogens with zero attached hydrogens (tertiary/aromatic N) is 1. The highest BCUT2D eigenvalue weighted by atomic mass is 79.9. The van der Waals surface area contributed by atoms with Crippen LogP contribution in [0.3, 0.4) is 0 Å². The van der Waals surface area contributed by atoms with Crippen LogP contribution in [0.1, 0.15) is 12.5 Å². The van der Waals surface area contributed by atoms with Gasteiger partial charge in [0.05, 0.1) is 11.8 Å². The lowest BCUT2D eigenvalue weighted by molar-refractivity contribution is -0.130. The van der Waals surface area contributed by atoms with Crippen LogP contribution in [0.25, 0.3) is 0 Å². The largest absolute Gasteiger partial charge is 0.347 e. The molecule has 1 aromatic carbocycles. The predicted octanol–water partition coefficient (Wildman–Crippen LogP) is 2.28. The standard InChI is InChI=1S/C14H19BrN2O2S/c1-10(14(19)16-8-13(18)17(2)3)20-9-11-4-6-12(15)7-5-11/h4-7,10H,8-9H2,1-3H3,(H,16,19)/t10-/m1/s1. The first-order chi connectivity index (χ1) is 9.40. The topological polar surface area (TPSA) is 49.4 Å². The molecular weight excluding hydrogens is 340 g/mol. The molecule has 1 atom stereocenters. The van der Waals surface area contributed by atoms with Crippen LogP contribution in [-0.4, -0.2) is 42.6 Å². The van der Waals surface area contributed by atoms with Gasteiger partial charge in [0.1, 0.15) is 0 Å². The zero-order chi connectivity index (χ0) is 15.1. The van der Waals surface area contributed by atoms with Gasteiger partial charge in [0.2, 0.25) is 11.8 Å². The second kappa shape index (κ2) is 8.32. The van der Waals surface area contributed by atoms with Crippen LogP contribution in [0.5, 0.6) is 0 Å². The molecule has 0 fully saturated rings. The Kier molecular flexibility index (Phi) is 7.09. The number of amides is 2. The average Bonchev–Trinajstić information content (AvgIpc) is 2.43. The smallest absolute Gasteiger partial charge is 0.241 e. The van der Waals surface area contributed by atoms with E-state index in [-0.39, 0.29) is 23.6 Å². The second-order valence-corrected chi connectivity index (χ2v) is 6.83. The van der Waals surface area contributed by atoms with Crippen molar-refractivity contribution >= 4 is 39.5 Å². The van der Waals surface area contributed by atoms with Crippen molar-refractivity contribution in [3.63, 3.8) is 0 Å². The van der Waals surface area contributed by atoms with Gasteiger partial charge in [-0.15, -0.1) is 11.8 Å². The van der Waals surface area contributed by atoms with E-state index in [9.17, 15) is 9.59 Å². The number of nitrogens with one attached hydrogen (secondary N) is 1. The lowest BCUT2D eigenvalue weighted by Crippen LogP contribution is -2.39. The van der Waals surface area contributed by atoms with E-state index in [1.807, 2.05) is 31.2 Å². The Morgan fingerprint density at radius 1 is 1.30 bits per heavy atom. The number of likely N-dealkylation sites (N-methyl/N-ethyl adjacent to an activating group) is 1. The van der Waals surface area contributed by atoms with Crippen LogP contribution in [-0.2, 0) is 15.3 Å². The summed E-state index contributed by atoms with van der Waals surface area (Å²) < 4.78 is 1.04.